The Kier molecular flexibility index (Phi) is 10.8. The number of hydrogen-bond acceptors (Lipinski definition) is 8. The predicted molar refractivity (Wildman–Crippen MR) is 120 cm³/mol. The lowest BCUT2D eigenvalue weighted by atomic mass is 9.87. The lowest BCUT2D eigenvalue weighted by Gasteiger charge is -2.21. The maximum atomic E-state index is 12.6. The van der Waals surface area contributed by atoms with Gasteiger partial charge in [-0.3, -0.25) is 0 Å². The van der Waals surface area contributed by atoms with Gasteiger partial charge in [-0.1, -0.05) is 69.2 Å². The Morgan fingerprint density at radius 2 is 1.25 bits per heavy atom. The SMILES string of the molecule is O=C(OCCC1CCCCC1)c1cc(SOOO)cc(C(=O)OCCC2CCCCC2)c1. The average molecular weight is 467 g/mol. The molecule has 8 heteroatoms. The van der Waals surface area contributed by atoms with Gasteiger partial charge in [0, 0.05) is 4.90 Å². The molecule has 178 valence electrons. The zero-order valence-corrected chi connectivity index (χ0v) is 19.4. The second kappa shape index (κ2) is 13.8. The Labute approximate surface area is 194 Å². The van der Waals surface area contributed by atoms with Crippen LogP contribution in [0.3, 0.4) is 0 Å². The monoisotopic (exact) mass is 466 g/mol. The minimum absolute atomic E-state index is 0.236. The molecule has 0 saturated heterocycles. The molecule has 32 heavy (non-hydrogen) atoms. The van der Waals surface area contributed by atoms with Gasteiger partial charge in [0.2, 0.25) is 0 Å². The van der Waals surface area contributed by atoms with Crippen molar-refractivity contribution in [3.63, 3.8) is 0 Å². The van der Waals surface area contributed by atoms with Crippen molar-refractivity contribution >= 4 is 24.0 Å². The minimum atomic E-state index is -0.496. The molecule has 0 spiro atoms. The molecule has 7 nitrogen and oxygen atoms in total. The fourth-order valence-corrected chi connectivity index (χ4v) is 5.15. The number of carbonyl (C=O) groups excluding carboxylic acids is 2. The number of ether oxygens (including phenoxy) is 2. The maximum Gasteiger partial charge on any atom is 0.338 e. The molecule has 0 heterocycles. The van der Waals surface area contributed by atoms with E-state index in [4.69, 9.17) is 14.7 Å². The second-order valence-electron chi connectivity index (χ2n) is 8.83. The van der Waals surface area contributed by atoms with Crippen LogP contribution in [0.25, 0.3) is 0 Å². The molecule has 1 aromatic rings. The number of hydrogen-bond donors (Lipinski definition) is 1. The molecule has 2 aliphatic rings. The summed E-state index contributed by atoms with van der Waals surface area (Å²) < 4.78 is 15.4. The van der Waals surface area contributed by atoms with Crippen molar-refractivity contribution in [2.75, 3.05) is 13.2 Å². The van der Waals surface area contributed by atoms with Crippen molar-refractivity contribution < 1.29 is 33.7 Å². The van der Waals surface area contributed by atoms with E-state index in [1.54, 1.807) is 0 Å². The minimum Gasteiger partial charge on any atom is -0.462 e. The Morgan fingerprint density at radius 3 is 1.69 bits per heavy atom. The number of benzene rings is 1. The van der Waals surface area contributed by atoms with Gasteiger partial charge in [0.1, 0.15) is 0 Å². The third kappa shape index (κ3) is 8.39. The van der Waals surface area contributed by atoms with E-state index in [2.05, 4.69) is 9.37 Å². The van der Waals surface area contributed by atoms with Gasteiger partial charge in [-0.05, 0) is 42.9 Å². The van der Waals surface area contributed by atoms with Gasteiger partial charge in [0.15, 0.2) is 0 Å². The summed E-state index contributed by atoms with van der Waals surface area (Å²) in [7, 11) is 0. The summed E-state index contributed by atoms with van der Waals surface area (Å²) in [4.78, 5) is 25.6. The number of rotatable bonds is 11. The van der Waals surface area contributed by atoms with Crippen molar-refractivity contribution in [1.29, 1.82) is 0 Å². The van der Waals surface area contributed by atoms with Gasteiger partial charge in [0.05, 0.1) is 36.4 Å². The maximum absolute atomic E-state index is 12.6. The first kappa shape index (κ1) is 25.0. The molecule has 0 radical (unpaired) electrons. The summed E-state index contributed by atoms with van der Waals surface area (Å²) in [6, 6.07) is 4.55. The van der Waals surface area contributed by atoms with Crippen molar-refractivity contribution in [3.8, 4) is 0 Å². The molecule has 0 aromatic heterocycles. The van der Waals surface area contributed by atoms with Gasteiger partial charge in [-0.25, -0.2) is 14.8 Å². The number of carbonyl (C=O) groups is 2. The van der Waals surface area contributed by atoms with Crippen LogP contribution in [0.1, 0.15) is 97.8 Å². The molecule has 1 aromatic carbocycles. The molecule has 2 saturated carbocycles. The summed E-state index contributed by atoms with van der Waals surface area (Å²) in [5.74, 6) is 0.236. The standard InChI is InChI=1S/C24H34O7S/c25-23(28-13-11-18-7-3-1-4-8-18)20-15-21(17-22(16-20)32-31-30-27)24(26)29-14-12-19-9-5-2-6-10-19/h15-19,27H,1-14H2. The van der Waals surface area contributed by atoms with Crippen LogP contribution in [0.2, 0.25) is 0 Å². The second-order valence-corrected chi connectivity index (χ2v) is 9.60. The van der Waals surface area contributed by atoms with E-state index >= 15 is 0 Å². The Balaban J connectivity index is 1.55. The molecular formula is C24H34O7S. The number of esters is 2. The molecule has 3 rings (SSSR count). The van der Waals surface area contributed by atoms with Crippen LogP contribution in [0.4, 0.5) is 0 Å². The van der Waals surface area contributed by atoms with E-state index in [-0.39, 0.29) is 11.1 Å². The molecule has 0 amide bonds. The molecule has 0 unspecified atom stereocenters. The highest BCUT2D eigenvalue weighted by Crippen LogP contribution is 2.28. The molecule has 0 aliphatic heterocycles. The van der Waals surface area contributed by atoms with Crippen LogP contribution in [-0.4, -0.2) is 30.4 Å². The first-order chi connectivity index (χ1) is 15.7. The summed E-state index contributed by atoms with van der Waals surface area (Å²) in [6.45, 7) is 0.719. The summed E-state index contributed by atoms with van der Waals surface area (Å²) in [5.41, 5.74) is 0.471. The van der Waals surface area contributed by atoms with Crippen LogP contribution in [0.15, 0.2) is 23.1 Å². The smallest absolute Gasteiger partial charge is 0.338 e. The third-order valence-electron chi connectivity index (χ3n) is 6.51. The van der Waals surface area contributed by atoms with Crippen molar-refractivity contribution in [3.05, 3.63) is 29.3 Å². The van der Waals surface area contributed by atoms with Crippen molar-refractivity contribution in [2.45, 2.75) is 81.9 Å². The Hall–Kier alpha value is -1.61. The normalized spacial score (nSPS) is 17.8. The zero-order valence-electron chi connectivity index (χ0n) is 18.6. The Morgan fingerprint density at radius 1 is 0.781 bits per heavy atom. The fraction of sp³-hybridized carbons (Fsp3) is 0.667. The van der Waals surface area contributed by atoms with E-state index in [1.807, 2.05) is 0 Å². The summed E-state index contributed by atoms with van der Waals surface area (Å²) in [5, 5.41) is 12.1. The third-order valence-corrected chi connectivity index (χ3v) is 7.06. The zero-order chi connectivity index (χ0) is 22.6. The van der Waals surface area contributed by atoms with Crippen LogP contribution in [-0.2, 0) is 18.8 Å². The molecular weight excluding hydrogens is 432 g/mol. The van der Waals surface area contributed by atoms with Crippen molar-refractivity contribution in [1.82, 2.24) is 0 Å². The van der Waals surface area contributed by atoms with E-state index < -0.39 is 11.9 Å². The summed E-state index contributed by atoms with van der Waals surface area (Å²) in [6.07, 6.45) is 14.1. The first-order valence-electron chi connectivity index (χ1n) is 11.8. The largest absolute Gasteiger partial charge is 0.462 e. The van der Waals surface area contributed by atoms with Gasteiger partial charge in [-0.15, -0.1) is 4.33 Å². The highest BCUT2D eigenvalue weighted by atomic mass is 32.2. The van der Waals surface area contributed by atoms with Gasteiger partial charge >= 0.3 is 11.9 Å². The van der Waals surface area contributed by atoms with Crippen LogP contribution >= 0.6 is 12.0 Å². The predicted octanol–water partition coefficient (Wildman–Crippen LogP) is 6.37. The van der Waals surface area contributed by atoms with Crippen LogP contribution in [0.5, 0.6) is 0 Å². The van der Waals surface area contributed by atoms with Gasteiger partial charge < -0.3 is 9.47 Å². The molecule has 0 atom stereocenters. The van der Waals surface area contributed by atoms with Gasteiger partial charge in [-0.2, -0.15) is 0 Å². The lowest BCUT2D eigenvalue weighted by Crippen LogP contribution is -2.15. The van der Waals surface area contributed by atoms with E-state index in [0.29, 0.717) is 42.0 Å². The highest BCUT2D eigenvalue weighted by Gasteiger charge is 2.19. The molecule has 0 bridgehead atoms. The summed E-state index contributed by atoms with van der Waals surface area (Å²) >= 11 is 0.689. The quantitative estimate of drug-likeness (QED) is 0.174. The van der Waals surface area contributed by atoms with Crippen LogP contribution < -0.4 is 0 Å². The molecule has 2 fully saturated rings. The van der Waals surface area contributed by atoms with Gasteiger partial charge in [0.25, 0.3) is 0 Å². The topological polar surface area (TPSA) is 91.3 Å². The van der Waals surface area contributed by atoms with Crippen LogP contribution in [0, 0.1) is 11.8 Å². The highest BCUT2D eigenvalue weighted by molar-refractivity contribution is 7.94. The molecule has 2 aliphatic carbocycles. The fourth-order valence-electron chi connectivity index (χ4n) is 4.69. The van der Waals surface area contributed by atoms with E-state index in [0.717, 1.165) is 12.8 Å². The molecule has 1 N–H and O–H groups in total. The van der Waals surface area contributed by atoms with E-state index in [9.17, 15) is 9.59 Å². The average Bonchev–Trinajstić information content (AvgIpc) is 2.83. The Bertz CT molecular complexity index is 673. The van der Waals surface area contributed by atoms with E-state index in [1.165, 1.54) is 82.4 Å². The first-order valence-corrected chi connectivity index (χ1v) is 12.5. The van der Waals surface area contributed by atoms with Crippen molar-refractivity contribution in [2.24, 2.45) is 11.8 Å². The lowest BCUT2D eigenvalue weighted by molar-refractivity contribution is -0.432.